The number of likely N-dealkylation sites (tertiary alicyclic amines) is 1. The number of carbonyl (C=O) groups excluding carboxylic acids is 2. The minimum atomic E-state index is -0.121. The van der Waals surface area contributed by atoms with Crippen molar-refractivity contribution in [3.05, 3.63) is 23.8 Å². The highest BCUT2D eigenvalue weighted by molar-refractivity contribution is 5.91. The van der Waals surface area contributed by atoms with E-state index in [1.165, 1.54) is 0 Å². The average molecular weight is 347 g/mol. The topological polar surface area (TPSA) is 70.7 Å². The fourth-order valence-electron chi connectivity index (χ4n) is 2.98. The van der Waals surface area contributed by atoms with Gasteiger partial charge < -0.3 is 20.3 Å². The zero-order valence-electron chi connectivity index (χ0n) is 15.6. The van der Waals surface area contributed by atoms with Gasteiger partial charge in [-0.3, -0.25) is 4.79 Å². The number of ether oxygens (including phenoxy) is 1. The molecule has 1 fully saturated rings. The summed E-state index contributed by atoms with van der Waals surface area (Å²) in [6, 6.07) is 5.58. The zero-order chi connectivity index (χ0) is 18.4. The van der Waals surface area contributed by atoms with E-state index in [0.29, 0.717) is 30.4 Å². The van der Waals surface area contributed by atoms with Crippen LogP contribution >= 0.6 is 0 Å². The molecule has 1 heterocycles. The highest BCUT2D eigenvalue weighted by atomic mass is 16.5. The highest BCUT2D eigenvalue weighted by Crippen LogP contribution is 2.26. The molecular weight excluding hydrogens is 318 g/mol. The van der Waals surface area contributed by atoms with Crippen LogP contribution in [0.3, 0.4) is 0 Å². The molecule has 1 aromatic rings. The van der Waals surface area contributed by atoms with Crippen LogP contribution in [0.5, 0.6) is 5.75 Å². The van der Waals surface area contributed by atoms with Crippen molar-refractivity contribution in [2.45, 2.75) is 33.6 Å². The first kappa shape index (κ1) is 19.1. The molecule has 25 heavy (non-hydrogen) atoms. The Bertz CT molecular complexity index is 616. The van der Waals surface area contributed by atoms with Gasteiger partial charge in [0.15, 0.2) is 0 Å². The number of hydrogen-bond donors (Lipinski definition) is 2. The first-order chi connectivity index (χ1) is 11.9. The average Bonchev–Trinajstić information content (AvgIpc) is 2.60. The Morgan fingerprint density at radius 3 is 2.80 bits per heavy atom. The van der Waals surface area contributed by atoms with E-state index >= 15 is 0 Å². The lowest BCUT2D eigenvalue weighted by Gasteiger charge is -2.33. The Hall–Kier alpha value is -2.24. The minimum absolute atomic E-state index is 0.0169. The Morgan fingerprint density at radius 1 is 1.36 bits per heavy atom. The largest absolute Gasteiger partial charge is 0.495 e. The van der Waals surface area contributed by atoms with E-state index in [9.17, 15) is 9.59 Å². The first-order valence-electron chi connectivity index (χ1n) is 8.89. The van der Waals surface area contributed by atoms with Crippen molar-refractivity contribution >= 4 is 17.6 Å². The number of carbonyl (C=O) groups is 2. The molecular formula is C19H29N3O3. The van der Waals surface area contributed by atoms with Gasteiger partial charge in [-0.2, -0.15) is 0 Å². The fourth-order valence-corrected chi connectivity index (χ4v) is 2.98. The summed E-state index contributed by atoms with van der Waals surface area (Å²) in [7, 11) is 1.59. The lowest BCUT2D eigenvalue weighted by Crippen LogP contribution is -2.45. The maximum absolute atomic E-state index is 12.6. The van der Waals surface area contributed by atoms with Crippen LogP contribution in [0.4, 0.5) is 10.5 Å². The van der Waals surface area contributed by atoms with Gasteiger partial charge in [-0.1, -0.05) is 19.9 Å². The van der Waals surface area contributed by atoms with Gasteiger partial charge in [0, 0.05) is 25.6 Å². The van der Waals surface area contributed by atoms with Gasteiger partial charge in [-0.15, -0.1) is 0 Å². The smallest absolute Gasteiger partial charge is 0.321 e. The number of methoxy groups -OCH3 is 1. The minimum Gasteiger partial charge on any atom is -0.495 e. The molecule has 3 amide bonds. The standard InChI is InChI=1S/C19H29N3O3/c1-13(2)18(23)20-11-15-6-5-9-22(12-15)19(24)21-16-10-14(3)7-8-17(16)25-4/h7-8,10,13,15H,5-6,9,11-12H2,1-4H3,(H,20,23)(H,21,24). The Kier molecular flexibility index (Phi) is 6.67. The quantitative estimate of drug-likeness (QED) is 0.860. The summed E-state index contributed by atoms with van der Waals surface area (Å²) in [5.74, 6) is 0.987. The van der Waals surface area contributed by atoms with Crippen molar-refractivity contribution in [1.82, 2.24) is 10.2 Å². The van der Waals surface area contributed by atoms with Crippen molar-refractivity contribution in [3.63, 3.8) is 0 Å². The lowest BCUT2D eigenvalue weighted by molar-refractivity contribution is -0.124. The van der Waals surface area contributed by atoms with Gasteiger partial charge in [0.1, 0.15) is 5.75 Å². The van der Waals surface area contributed by atoms with Crippen LogP contribution in [0.2, 0.25) is 0 Å². The summed E-state index contributed by atoms with van der Waals surface area (Å²) in [5, 5.41) is 5.92. The third-order valence-corrected chi connectivity index (χ3v) is 4.49. The summed E-state index contributed by atoms with van der Waals surface area (Å²) < 4.78 is 5.32. The van der Waals surface area contributed by atoms with Gasteiger partial charge >= 0.3 is 6.03 Å². The van der Waals surface area contributed by atoms with Crippen molar-refractivity contribution in [1.29, 1.82) is 0 Å². The van der Waals surface area contributed by atoms with E-state index in [1.807, 2.05) is 43.9 Å². The number of hydrogen-bond acceptors (Lipinski definition) is 3. The van der Waals surface area contributed by atoms with E-state index in [2.05, 4.69) is 10.6 Å². The molecule has 6 nitrogen and oxygen atoms in total. The Morgan fingerprint density at radius 2 is 2.12 bits per heavy atom. The van der Waals surface area contributed by atoms with Crippen molar-refractivity contribution < 1.29 is 14.3 Å². The van der Waals surface area contributed by atoms with Crippen LogP contribution in [0.25, 0.3) is 0 Å². The predicted octanol–water partition coefficient (Wildman–Crippen LogP) is 3.02. The number of nitrogens with one attached hydrogen (secondary N) is 2. The molecule has 0 saturated carbocycles. The molecule has 138 valence electrons. The van der Waals surface area contributed by atoms with Gasteiger partial charge in [-0.25, -0.2) is 4.79 Å². The van der Waals surface area contributed by atoms with E-state index in [4.69, 9.17) is 4.74 Å². The van der Waals surface area contributed by atoms with Crippen LogP contribution in [-0.4, -0.2) is 43.6 Å². The van der Waals surface area contributed by atoms with E-state index < -0.39 is 0 Å². The monoisotopic (exact) mass is 347 g/mol. The molecule has 6 heteroatoms. The predicted molar refractivity (Wildman–Crippen MR) is 98.9 cm³/mol. The maximum Gasteiger partial charge on any atom is 0.321 e. The van der Waals surface area contributed by atoms with Crippen LogP contribution in [-0.2, 0) is 4.79 Å². The van der Waals surface area contributed by atoms with Crippen molar-refractivity contribution in [3.8, 4) is 5.75 Å². The van der Waals surface area contributed by atoms with Crippen molar-refractivity contribution in [2.24, 2.45) is 11.8 Å². The molecule has 1 unspecified atom stereocenters. The summed E-state index contributed by atoms with van der Waals surface area (Å²) in [5.41, 5.74) is 1.74. The second-order valence-corrected chi connectivity index (χ2v) is 6.99. The summed E-state index contributed by atoms with van der Waals surface area (Å²) in [4.78, 5) is 26.2. The normalized spacial score (nSPS) is 17.3. The number of amides is 3. The van der Waals surface area contributed by atoms with E-state index in [-0.39, 0.29) is 17.9 Å². The Balaban J connectivity index is 1.93. The summed E-state index contributed by atoms with van der Waals surface area (Å²) >= 11 is 0. The fraction of sp³-hybridized carbons (Fsp3) is 0.579. The highest BCUT2D eigenvalue weighted by Gasteiger charge is 2.24. The number of benzene rings is 1. The number of rotatable bonds is 5. The second kappa shape index (κ2) is 8.74. The first-order valence-corrected chi connectivity index (χ1v) is 8.89. The van der Waals surface area contributed by atoms with Gasteiger partial charge in [0.2, 0.25) is 5.91 Å². The third kappa shape index (κ3) is 5.37. The number of anilines is 1. The molecule has 1 aliphatic heterocycles. The van der Waals surface area contributed by atoms with Crippen LogP contribution < -0.4 is 15.4 Å². The lowest BCUT2D eigenvalue weighted by atomic mass is 9.98. The second-order valence-electron chi connectivity index (χ2n) is 6.99. The van der Waals surface area contributed by atoms with Crippen molar-refractivity contribution in [2.75, 3.05) is 32.1 Å². The van der Waals surface area contributed by atoms with Gasteiger partial charge in [0.05, 0.1) is 12.8 Å². The molecule has 2 rings (SSSR count). The number of urea groups is 1. The molecule has 0 aromatic heterocycles. The summed E-state index contributed by atoms with van der Waals surface area (Å²) in [6.45, 7) is 7.74. The molecule has 0 radical (unpaired) electrons. The van der Waals surface area contributed by atoms with Crippen LogP contribution in [0.1, 0.15) is 32.3 Å². The molecule has 0 bridgehead atoms. The molecule has 0 aliphatic carbocycles. The third-order valence-electron chi connectivity index (χ3n) is 4.49. The van der Waals surface area contributed by atoms with Crippen LogP contribution in [0.15, 0.2) is 18.2 Å². The van der Waals surface area contributed by atoms with E-state index in [1.54, 1.807) is 7.11 Å². The molecule has 0 spiro atoms. The molecule has 1 atom stereocenters. The molecule has 1 saturated heterocycles. The zero-order valence-corrected chi connectivity index (χ0v) is 15.6. The number of aryl methyl sites for hydroxylation is 1. The number of piperidine rings is 1. The molecule has 1 aromatic carbocycles. The van der Waals surface area contributed by atoms with E-state index in [0.717, 1.165) is 24.9 Å². The molecule has 2 N–H and O–H groups in total. The Labute approximate surface area is 149 Å². The van der Waals surface area contributed by atoms with Gasteiger partial charge in [-0.05, 0) is 43.4 Å². The summed E-state index contributed by atoms with van der Waals surface area (Å²) in [6.07, 6.45) is 1.97. The number of nitrogens with zero attached hydrogens (tertiary/aromatic N) is 1. The maximum atomic E-state index is 12.6. The molecule has 1 aliphatic rings. The van der Waals surface area contributed by atoms with Crippen LogP contribution in [0, 0.1) is 18.8 Å². The van der Waals surface area contributed by atoms with Gasteiger partial charge in [0.25, 0.3) is 0 Å². The SMILES string of the molecule is COc1ccc(C)cc1NC(=O)N1CCCC(CNC(=O)C(C)C)C1.